The number of rotatable bonds is 7. The molecule has 0 saturated carbocycles. The molecule has 0 amide bonds. The largest absolute Gasteiger partial charge is 0.356 e. The minimum atomic E-state index is 0.374. The Balaban J connectivity index is 2.45. The summed E-state index contributed by atoms with van der Waals surface area (Å²) < 4.78 is 0. The summed E-state index contributed by atoms with van der Waals surface area (Å²) in [4.78, 5) is 7.89. The fourth-order valence-corrected chi connectivity index (χ4v) is 2.83. The van der Waals surface area contributed by atoms with Crippen LogP contribution in [0.3, 0.4) is 0 Å². The molecule has 0 aliphatic rings. The van der Waals surface area contributed by atoms with Crippen LogP contribution in [0.25, 0.3) is 0 Å². The van der Waals surface area contributed by atoms with Gasteiger partial charge in [-0.3, -0.25) is 4.99 Å². The van der Waals surface area contributed by atoms with Crippen LogP contribution in [0.2, 0.25) is 0 Å². The Bertz CT molecular complexity index is 385. The number of nitrogens with one attached hydrogen (secondary N) is 2. The van der Waals surface area contributed by atoms with Crippen LogP contribution in [0.15, 0.2) is 22.5 Å². The van der Waals surface area contributed by atoms with Gasteiger partial charge in [0.15, 0.2) is 5.96 Å². The summed E-state index contributed by atoms with van der Waals surface area (Å²) >= 11 is 1.80. The van der Waals surface area contributed by atoms with E-state index in [2.05, 4.69) is 66.0 Å². The second kappa shape index (κ2) is 8.97. The van der Waals surface area contributed by atoms with Gasteiger partial charge in [-0.25, -0.2) is 0 Å². The van der Waals surface area contributed by atoms with Gasteiger partial charge in [-0.1, -0.05) is 19.9 Å². The maximum Gasteiger partial charge on any atom is 0.191 e. The molecule has 0 aliphatic heterocycles. The van der Waals surface area contributed by atoms with Crippen LogP contribution < -0.4 is 10.6 Å². The maximum absolute atomic E-state index is 4.28. The number of likely N-dealkylation sites (N-methyl/N-ethyl adjacent to an activating group) is 1. The molecule has 0 saturated heterocycles. The van der Waals surface area contributed by atoms with Crippen molar-refractivity contribution in [2.45, 2.75) is 26.3 Å². The van der Waals surface area contributed by atoms with Crippen molar-refractivity contribution in [3.63, 3.8) is 0 Å². The third-order valence-electron chi connectivity index (χ3n) is 3.20. The van der Waals surface area contributed by atoms with E-state index in [1.165, 1.54) is 4.88 Å². The quantitative estimate of drug-likeness (QED) is 0.600. The lowest BCUT2D eigenvalue weighted by molar-refractivity contribution is 0.302. The molecule has 1 aromatic rings. The third kappa shape index (κ3) is 5.92. The van der Waals surface area contributed by atoms with Crippen LogP contribution in [-0.2, 0) is 0 Å². The topological polar surface area (TPSA) is 39.7 Å². The lowest BCUT2D eigenvalue weighted by Gasteiger charge is -2.24. The second-order valence-corrected chi connectivity index (χ2v) is 6.54. The first-order valence-electron chi connectivity index (χ1n) is 7.19. The second-order valence-electron chi connectivity index (χ2n) is 5.56. The van der Waals surface area contributed by atoms with Crippen molar-refractivity contribution in [2.75, 3.05) is 34.2 Å². The predicted octanol–water partition coefficient (Wildman–Crippen LogP) is 2.56. The van der Waals surface area contributed by atoms with Gasteiger partial charge in [0.25, 0.3) is 0 Å². The number of hydrogen-bond acceptors (Lipinski definition) is 3. The Morgan fingerprint density at radius 1 is 1.35 bits per heavy atom. The van der Waals surface area contributed by atoms with Gasteiger partial charge in [-0.05, 0) is 37.9 Å². The van der Waals surface area contributed by atoms with Crippen LogP contribution in [0.5, 0.6) is 0 Å². The van der Waals surface area contributed by atoms with E-state index in [-0.39, 0.29) is 0 Å². The van der Waals surface area contributed by atoms with E-state index < -0.39 is 0 Å². The van der Waals surface area contributed by atoms with Crippen LogP contribution >= 0.6 is 11.3 Å². The van der Waals surface area contributed by atoms with E-state index in [1.54, 1.807) is 11.3 Å². The molecule has 0 radical (unpaired) electrons. The molecule has 2 N–H and O–H groups in total. The fourth-order valence-electron chi connectivity index (χ4n) is 1.91. The summed E-state index contributed by atoms with van der Waals surface area (Å²) in [5.74, 6) is 1.59. The molecule has 1 atom stereocenters. The highest BCUT2D eigenvalue weighted by molar-refractivity contribution is 7.10. The monoisotopic (exact) mass is 296 g/mol. The van der Waals surface area contributed by atoms with E-state index in [9.17, 15) is 0 Å². The van der Waals surface area contributed by atoms with Gasteiger partial charge in [-0.15, -0.1) is 11.3 Å². The van der Waals surface area contributed by atoms with Crippen molar-refractivity contribution in [1.29, 1.82) is 0 Å². The Kier molecular flexibility index (Phi) is 7.62. The number of guanidine groups is 1. The average molecular weight is 296 g/mol. The minimum absolute atomic E-state index is 0.374. The molecule has 20 heavy (non-hydrogen) atoms. The van der Waals surface area contributed by atoms with Gasteiger partial charge in [0.1, 0.15) is 0 Å². The first kappa shape index (κ1) is 17.0. The highest BCUT2D eigenvalue weighted by Crippen LogP contribution is 2.22. The van der Waals surface area contributed by atoms with Gasteiger partial charge in [0, 0.05) is 25.0 Å². The summed E-state index contributed by atoms with van der Waals surface area (Å²) in [6.45, 7) is 6.28. The van der Waals surface area contributed by atoms with Gasteiger partial charge in [0.2, 0.25) is 0 Å². The molecule has 5 heteroatoms. The summed E-state index contributed by atoms with van der Waals surface area (Å²) in [7, 11) is 6.04. The Morgan fingerprint density at radius 2 is 2.10 bits per heavy atom. The SMILES string of the molecule is CN=C(NCCC(C)C)NCC(c1cccs1)N(C)C. The molecule has 1 heterocycles. The Morgan fingerprint density at radius 3 is 2.60 bits per heavy atom. The number of nitrogens with zero attached hydrogens (tertiary/aromatic N) is 2. The van der Waals surface area contributed by atoms with Crippen molar-refractivity contribution in [1.82, 2.24) is 15.5 Å². The average Bonchev–Trinajstić information content (AvgIpc) is 2.90. The van der Waals surface area contributed by atoms with E-state index >= 15 is 0 Å². The lowest BCUT2D eigenvalue weighted by Crippen LogP contribution is -2.42. The van der Waals surface area contributed by atoms with Gasteiger partial charge in [0.05, 0.1) is 6.04 Å². The Labute approximate surface area is 127 Å². The molecular formula is C15H28N4S. The molecule has 4 nitrogen and oxygen atoms in total. The van der Waals surface area contributed by atoms with Crippen LogP contribution in [-0.4, -0.2) is 45.1 Å². The zero-order valence-electron chi connectivity index (χ0n) is 13.3. The fraction of sp³-hybridized carbons (Fsp3) is 0.667. The van der Waals surface area contributed by atoms with Gasteiger partial charge in [-0.2, -0.15) is 0 Å². The lowest BCUT2D eigenvalue weighted by atomic mass is 10.1. The summed E-state index contributed by atoms with van der Waals surface area (Å²) in [6.07, 6.45) is 1.16. The highest BCUT2D eigenvalue weighted by Gasteiger charge is 2.15. The first-order chi connectivity index (χ1) is 9.54. The zero-order valence-corrected chi connectivity index (χ0v) is 14.1. The summed E-state index contributed by atoms with van der Waals surface area (Å²) in [5.41, 5.74) is 0. The molecule has 0 aromatic carbocycles. The van der Waals surface area contributed by atoms with Crippen molar-refractivity contribution in [3.8, 4) is 0 Å². The smallest absolute Gasteiger partial charge is 0.191 e. The molecule has 0 bridgehead atoms. The zero-order chi connectivity index (χ0) is 15.0. The molecule has 0 aliphatic carbocycles. The van der Waals surface area contributed by atoms with E-state index in [0.717, 1.165) is 25.5 Å². The van der Waals surface area contributed by atoms with E-state index in [4.69, 9.17) is 0 Å². The molecule has 1 aromatic heterocycles. The van der Waals surface area contributed by atoms with E-state index in [0.29, 0.717) is 12.0 Å². The maximum atomic E-state index is 4.28. The molecule has 0 spiro atoms. The van der Waals surface area contributed by atoms with Crippen LogP contribution in [0.1, 0.15) is 31.2 Å². The predicted molar refractivity (Wildman–Crippen MR) is 89.6 cm³/mol. The van der Waals surface area contributed by atoms with Crippen molar-refractivity contribution in [2.24, 2.45) is 10.9 Å². The molecule has 1 rings (SSSR count). The normalized spacial score (nSPS) is 13.8. The molecule has 1 unspecified atom stereocenters. The standard InChI is InChI=1S/C15H28N4S/c1-12(2)8-9-17-15(16-3)18-11-13(19(4)5)14-7-6-10-20-14/h6-7,10,12-13H,8-9,11H2,1-5H3,(H2,16,17,18). The minimum Gasteiger partial charge on any atom is -0.356 e. The number of hydrogen-bond donors (Lipinski definition) is 2. The van der Waals surface area contributed by atoms with Crippen molar-refractivity contribution >= 4 is 17.3 Å². The number of thiophene rings is 1. The Hall–Kier alpha value is -1.07. The van der Waals surface area contributed by atoms with E-state index in [1.807, 2.05) is 7.05 Å². The highest BCUT2D eigenvalue weighted by atomic mass is 32.1. The van der Waals surface area contributed by atoms with Gasteiger partial charge >= 0.3 is 0 Å². The molecule has 0 fully saturated rings. The van der Waals surface area contributed by atoms with Crippen LogP contribution in [0, 0.1) is 5.92 Å². The molecule has 114 valence electrons. The van der Waals surface area contributed by atoms with Crippen LogP contribution in [0.4, 0.5) is 0 Å². The number of aliphatic imine (C=N–C) groups is 1. The van der Waals surface area contributed by atoms with Crippen molar-refractivity contribution < 1.29 is 0 Å². The third-order valence-corrected chi connectivity index (χ3v) is 4.17. The summed E-state index contributed by atoms with van der Waals surface area (Å²) in [6, 6.07) is 4.66. The van der Waals surface area contributed by atoms with Gasteiger partial charge < -0.3 is 15.5 Å². The first-order valence-corrected chi connectivity index (χ1v) is 8.07. The molecular weight excluding hydrogens is 268 g/mol. The summed E-state index contributed by atoms with van der Waals surface area (Å²) in [5, 5.41) is 8.91. The van der Waals surface area contributed by atoms with Crippen molar-refractivity contribution in [3.05, 3.63) is 22.4 Å².